The Morgan fingerprint density at radius 2 is 2.06 bits per heavy atom. The molecule has 0 radical (unpaired) electrons. The van der Waals surface area contributed by atoms with E-state index in [4.69, 9.17) is 5.73 Å². The Kier molecular flexibility index (Phi) is 4.66. The van der Waals surface area contributed by atoms with Crippen LogP contribution in [0.25, 0.3) is 0 Å². The summed E-state index contributed by atoms with van der Waals surface area (Å²) in [5.41, 5.74) is 5.25. The quantitative estimate of drug-likeness (QED) is 0.682. The van der Waals surface area contributed by atoms with Crippen molar-refractivity contribution in [3.63, 3.8) is 0 Å². The van der Waals surface area contributed by atoms with Crippen LogP contribution in [0, 0.1) is 5.92 Å². The van der Waals surface area contributed by atoms with Crippen molar-refractivity contribution in [2.45, 2.75) is 25.9 Å². The fraction of sp³-hybridized carbons (Fsp3) is 0.889. The largest absolute Gasteiger partial charge is 0.393 e. The zero-order valence-corrected chi connectivity index (χ0v) is 10.9. The first-order valence-corrected chi connectivity index (χ1v) is 7.29. The van der Waals surface area contributed by atoms with E-state index >= 15 is 0 Å². The number of hydrogen-bond donors (Lipinski definition) is 2. The van der Waals surface area contributed by atoms with Crippen LogP contribution in [0.4, 0.5) is 0 Å². The Morgan fingerprint density at radius 1 is 1.56 bits per heavy atom. The van der Waals surface area contributed by atoms with Crippen LogP contribution in [0.2, 0.25) is 0 Å². The summed E-state index contributed by atoms with van der Waals surface area (Å²) in [6.07, 6.45) is 1.00. The molecule has 5 nitrogen and oxygen atoms in total. The van der Waals surface area contributed by atoms with Crippen LogP contribution in [0.5, 0.6) is 0 Å². The molecule has 1 aliphatic rings. The molecule has 3 N–H and O–H groups in total. The van der Waals surface area contributed by atoms with E-state index in [9.17, 15) is 13.5 Å². The summed E-state index contributed by atoms with van der Waals surface area (Å²) in [4.78, 5) is -0.00218. The molecule has 0 aliphatic carbocycles. The number of nitrogens with zero attached hydrogens (tertiary/aromatic N) is 1. The van der Waals surface area contributed by atoms with Crippen LogP contribution in [-0.4, -0.2) is 47.8 Å². The van der Waals surface area contributed by atoms with Gasteiger partial charge in [0.2, 0.25) is 10.0 Å². The van der Waals surface area contributed by atoms with Crippen molar-refractivity contribution in [1.82, 2.24) is 4.31 Å². The van der Waals surface area contributed by atoms with Crippen molar-refractivity contribution >= 4 is 27.2 Å². The molecule has 1 atom stereocenters. The minimum absolute atomic E-state index is 0.00218. The normalized spacial score (nSPS) is 21.9. The molecule has 1 fully saturated rings. The van der Waals surface area contributed by atoms with Crippen LogP contribution < -0.4 is 5.73 Å². The monoisotopic (exact) mass is 266 g/mol. The van der Waals surface area contributed by atoms with Crippen molar-refractivity contribution in [3.05, 3.63) is 0 Å². The molecule has 0 aromatic heterocycles. The van der Waals surface area contributed by atoms with Gasteiger partial charge in [0, 0.05) is 13.1 Å². The predicted molar refractivity (Wildman–Crippen MR) is 66.6 cm³/mol. The first-order chi connectivity index (χ1) is 7.33. The van der Waals surface area contributed by atoms with Gasteiger partial charge in [-0.1, -0.05) is 12.2 Å². The Bertz CT molecular complexity index is 346. The number of thiocarbonyl (C=S) groups is 1. The smallest absolute Gasteiger partial charge is 0.220 e. The third-order valence-corrected chi connectivity index (χ3v) is 5.05. The maximum atomic E-state index is 11.8. The average molecular weight is 266 g/mol. The van der Waals surface area contributed by atoms with Crippen molar-refractivity contribution in [1.29, 1.82) is 0 Å². The topological polar surface area (TPSA) is 83.6 Å². The summed E-state index contributed by atoms with van der Waals surface area (Å²) in [5, 5.41) is 9.40. The highest BCUT2D eigenvalue weighted by molar-refractivity contribution is 7.92. The number of hydrogen-bond acceptors (Lipinski definition) is 4. The van der Waals surface area contributed by atoms with Crippen molar-refractivity contribution in [2.75, 3.05) is 18.8 Å². The molecular formula is C9H18N2O3S2. The lowest BCUT2D eigenvalue weighted by Crippen LogP contribution is -2.43. The summed E-state index contributed by atoms with van der Waals surface area (Å²) < 4.78 is 24.9. The molecule has 0 spiro atoms. The number of aliphatic hydroxyl groups is 1. The Morgan fingerprint density at radius 3 is 2.44 bits per heavy atom. The first kappa shape index (κ1) is 13.8. The summed E-state index contributed by atoms with van der Waals surface area (Å²) in [6.45, 7) is 2.63. The minimum Gasteiger partial charge on any atom is -0.393 e. The molecule has 16 heavy (non-hydrogen) atoms. The molecule has 0 saturated carbocycles. The molecule has 94 valence electrons. The van der Waals surface area contributed by atoms with Gasteiger partial charge in [-0.25, -0.2) is 12.7 Å². The lowest BCUT2D eigenvalue weighted by Gasteiger charge is -2.32. The predicted octanol–water partition coefficient (Wildman–Crippen LogP) is -0.305. The first-order valence-electron chi connectivity index (χ1n) is 5.27. The van der Waals surface area contributed by atoms with Gasteiger partial charge in [-0.15, -0.1) is 0 Å². The summed E-state index contributed by atoms with van der Waals surface area (Å²) in [5.74, 6) is -0.0712. The lowest BCUT2D eigenvalue weighted by molar-refractivity contribution is 0.0913. The van der Waals surface area contributed by atoms with Crippen molar-refractivity contribution in [3.8, 4) is 0 Å². The van der Waals surface area contributed by atoms with E-state index in [-0.39, 0.29) is 22.8 Å². The summed E-state index contributed by atoms with van der Waals surface area (Å²) in [6, 6.07) is 0. The molecule has 0 amide bonds. The Balaban J connectivity index is 2.56. The van der Waals surface area contributed by atoms with E-state index in [0.29, 0.717) is 25.9 Å². The Hall–Kier alpha value is -0.240. The van der Waals surface area contributed by atoms with Gasteiger partial charge in [-0.05, 0) is 25.7 Å². The molecule has 0 bridgehead atoms. The second-order valence-electron chi connectivity index (χ2n) is 4.20. The number of rotatable bonds is 4. The van der Waals surface area contributed by atoms with Crippen molar-refractivity contribution < 1.29 is 13.5 Å². The molecule has 1 aliphatic heterocycles. The summed E-state index contributed by atoms with van der Waals surface area (Å²) >= 11 is 4.61. The maximum Gasteiger partial charge on any atom is 0.220 e. The van der Waals surface area contributed by atoms with Crippen LogP contribution in [0.3, 0.4) is 0 Å². The molecule has 0 aromatic carbocycles. The van der Waals surface area contributed by atoms with Crippen LogP contribution >= 0.6 is 12.2 Å². The van der Waals surface area contributed by atoms with Gasteiger partial charge in [-0.3, -0.25) is 0 Å². The molecule has 0 aromatic rings. The highest BCUT2D eigenvalue weighted by Crippen LogP contribution is 2.22. The van der Waals surface area contributed by atoms with Gasteiger partial charge in [-0.2, -0.15) is 0 Å². The van der Waals surface area contributed by atoms with Crippen molar-refractivity contribution in [2.24, 2.45) is 11.7 Å². The van der Waals surface area contributed by atoms with Crippen LogP contribution in [0.1, 0.15) is 19.8 Å². The molecule has 1 heterocycles. The van der Waals surface area contributed by atoms with E-state index in [1.165, 1.54) is 4.31 Å². The zero-order chi connectivity index (χ0) is 12.3. The third-order valence-electron chi connectivity index (χ3n) is 2.90. The maximum absolute atomic E-state index is 11.8. The second-order valence-corrected chi connectivity index (χ2v) is 6.69. The van der Waals surface area contributed by atoms with E-state index in [2.05, 4.69) is 12.2 Å². The lowest BCUT2D eigenvalue weighted by atomic mass is 9.93. The molecular weight excluding hydrogens is 248 g/mol. The van der Waals surface area contributed by atoms with E-state index < -0.39 is 10.0 Å². The van der Waals surface area contributed by atoms with Gasteiger partial charge in [0.1, 0.15) is 5.75 Å². The van der Waals surface area contributed by atoms with Gasteiger partial charge in [0.25, 0.3) is 0 Å². The highest BCUT2D eigenvalue weighted by Gasteiger charge is 2.29. The molecule has 1 rings (SSSR count). The fourth-order valence-corrected chi connectivity index (χ4v) is 3.66. The number of aliphatic hydroxyl groups excluding tert-OH is 1. The van der Waals surface area contributed by atoms with Gasteiger partial charge in [0.15, 0.2) is 0 Å². The molecule has 7 heteroatoms. The molecule has 1 unspecified atom stereocenters. The van der Waals surface area contributed by atoms with Gasteiger partial charge in [0.05, 0.1) is 11.1 Å². The Labute approximate surface area is 102 Å². The second kappa shape index (κ2) is 5.39. The zero-order valence-electron chi connectivity index (χ0n) is 9.30. The fourth-order valence-electron chi connectivity index (χ4n) is 1.91. The number of sulfonamides is 1. The van der Waals surface area contributed by atoms with Crippen LogP contribution in [-0.2, 0) is 10.0 Å². The average Bonchev–Trinajstić information content (AvgIpc) is 2.16. The third kappa shape index (κ3) is 3.65. The standard InChI is InChI=1S/C9H18N2O3S2/c1-7(12)8-2-4-11(5-3-8)16(13,14)6-9(10)15/h7-8,12H,2-6H2,1H3,(H2,10,15). The van der Waals surface area contributed by atoms with E-state index in [1.54, 1.807) is 6.92 Å². The highest BCUT2D eigenvalue weighted by atomic mass is 32.2. The SMILES string of the molecule is CC(O)C1CCN(S(=O)(=O)CC(N)=S)CC1. The number of nitrogens with two attached hydrogens (primary N) is 1. The van der Waals surface area contributed by atoms with Gasteiger partial charge >= 0.3 is 0 Å². The molecule has 1 saturated heterocycles. The minimum atomic E-state index is -3.35. The van der Waals surface area contributed by atoms with E-state index in [0.717, 1.165) is 0 Å². The van der Waals surface area contributed by atoms with Crippen LogP contribution in [0.15, 0.2) is 0 Å². The van der Waals surface area contributed by atoms with E-state index in [1.807, 2.05) is 0 Å². The van der Waals surface area contributed by atoms with Gasteiger partial charge < -0.3 is 10.8 Å². The summed E-state index contributed by atoms with van der Waals surface area (Å²) in [7, 11) is -3.35. The number of piperidine rings is 1.